The molecule has 0 fully saturated rings. The molecule has 0 aliphatic heterocycles. The van der Waals surface area contributed by atoms with E-state index in [0.717, 1.165) is 0 Å². The van der Waals surface area contributed by atoms with Crippen LogP contribution in [0.2, 0.25) is 10.0 Å². The van der Waals surface area contributed by atoms with Crippen LogP contribution in [0.25, 0.3) is 0 Å². The highest BCUT2D eigenvalue weighted by molar-refractivity contribution is 7.85. The largest absolute Gasteiger partial charge is 0.398 e. The molecule has 0 aliphatic carbocycles. The third kappa shape index (κ3) is 3.02. The lowest BCUT2D eigenvalue weighted by Gasteiger charge is -2.05. The van der Waals surface area contributed by atoms with E-state index in [1.807, 2.05) is 0 Å². The van der Waals surface area contributed by atoms with Crippen molar-refractivity contribution in [3.63, 3.8) is 0 Å². The molecule has 0 saturated heterocycles. The molecule has 1 aromatic rings. The van der Waals surface area contributed by atoms with Crippen molar-refractivity contribution in [3.05, 3.63) is 27.7 Å². The van der Waals surface area contributed by atoms with Gasteiger partial charge in [-0.15, -0.1) is 0 Å². The molecule has 0 spiro atoms. The van der Waals surface area contributed by atoms with Gasteiger partial charge in [0.15, 0.2) is 0 Å². The van der Waals surface area contributed by atoms with Crippen molar-refractivity contribution in [1.29, 1.82) is 0 Å². The zero-order chi connectivity index (χ0) is 10.9. The summed E-state index contributed by atoms with van der Waals surface area (Å²) in [5.41, 5.74) is 5.88. The quantitative estimate of drug-likeness (QED) is 0.626. The van der Waals surface area contributed by atoms with Gasteiger partial charge >= 0.3 is 0 Å². The fourth-order valence-electron chi connectivity index (χ4n) is 0.925. The molecule has 0 saturated carbocycles. The predicted molar refractivity (Wildman–Crippen MR) is 56.1 cm³/mol. The SMILES string of the molecule is Nc1cc(Cl)c(Cl)cc1CS(=O)(=O)O. The molecule has 0 aromatic heterocycles. The van der Waals surface area contributed by atoms with E-state index in [1.165, 1.54) is 12.1 Å². The van der Waals surface area contributed by atoms with Crippen molar-refractivity contribution in [2.24, 2.45) is 0 Å². The zero-order valence-electron chi connectivity index (χ0n) is 6.87. The van der Waals surface area contributed by atoms with Crippen LogP contribution in [0.4, 0.5) is 5.69 Å². The highest BCUT2D eigenvalue weighted by Crippen LogP contribution is 2.28. The van der Waals surface area contributed by atoms with Crippen molar-refractivity contribution in [2.75, 3.05) is 5.73 Å². The second-order valence-corrected chi connectivity index (χ2v) is 4.96. The molecule has 1 rings (SSSR count). The average Bonchev–Trinajstić information content (AvgIpc) is 1.97. The topological polar surface area (TPSA) is 80.4 Å². The third-order valence-corrected chi connectivity index (χ3v) is 2.92. The number of halogens is 2. The summed E-state index contributed by atoms with van der Waals surface area (Å²) in [7, 11) is -4.11. The minimum Gasteiger partial charge on any atom is -0.398 e. The summed E-state index contributed by atoms with van der Waals surface area (Å²) in [6, 6.07) is 2.65. The highest BCUT2D eigenvalue weighted by atomic mass is 35.5. The van der Waals surface area contributed by atoms with Crippen LogP contribution < -0.4 is 5.73 Å². The summed E-state index contributed by atoms with van der Waals surface area (Å²) in [4.78, 5) is 0. The Labute approximate surface area is 91.4 Å². The standard InChI is InChI=1S/C7H7Cl2NO3S/c8-5-1-4(3-14(11,12)13)7(10)2-6(5)9/h1-2H,3,10H2,(H,11,12,13). The van der Waals surface area contributed by atoms with Gasteiger partial charge in [0, 0.05) is 5.69 Å². The molecular formula is C7H7Cl2NO3S. The van der Waals surface area contributed by atoms with Gasteiger partial charge in [-0.05, 0) is 17.7 Å². The van der Waals surface area contributed by atoms with Crippen LogP contribution in [-0.2, 0) is 15.9 Å². The molecule has 1 aromatic carbocycles. The van der Waals surface area contributed by atoms with Gasteiger partial charge in [0.1, 0.15) is 5.75 Å². The van der Waals surface area contributed by atoms with E-state index in [0.29, 0.717) is 0 Å². The van der Waals surface area contributed by atoms with E-state index in [-0.39, 0.29) is 21.3 Å². The van der Waals surface area contributed by atoms with E-state index in [2.05, 4.69) is 0 Å². The number of nitrogens with two attached hydrogens (primary N) is 1. The first kappa shape index (κ1) is 11.6. The Morgan fingerprint density at radius 3 is 2.29 bits per heavy atom. The van der Waals surface area contributed by atoms with E-state index in [4.69, 9.17) is 33.5 Å². The van der Waals surface area contributed by atoms with Gasteiger partial charge in [-0.3, -0.25) is 4.55 Å². The molecule has 0 amide bonds. The average molecular weight is 256 g/mol. The van der Waals surface area contributed by atoms with E-state index >= 15 is 0 Å². The fraction of sp³-hybridized carbons (Fsp3) is 0.143. The second kappa shape index (κ2) is 3.94. The minimum absolute atomic E-state index is 0.178. The van der Waals surface area contributed by atoms with E-state index in [1.54, 1.807) is 0 Å². The number of anilines is 1. The van der Waals surface area contributed by atoms with E-state index < -0.39 is 15.9 Å². The molecule has 3 N–H and O–H groups in total. The number of hydrogen-bond donors (Lipinski definition) is 2. The molecule has 78 valence electrons. The first-order valence-corrected chi connectivity index (χ1v) is 5.84. The van der Waals surface area contributed by atoms with Crippen molar-refractivity contribution in [1.82, 2.24) is 0 Å². The number of nitrogen functional groups attached to an aromatic ring is 1. The Balaban J connectivity index is 3.17. The van der Waals surface area contributed by atoms with Gasteiger partial charge in [0.2, 0.25) is 0 Å². The summed E-state index contributed by atoms with van der Waals surface area (Å²) >= 11 is 11.3. The predicted octanol–water partition coefficient (Wildman–Crippen LogP) is 1.96. The summed E-state index contributed by atoms with van der Waals surface area (Å²) in [6.07, 6.45) is 0. The summed E-state index contributed by atoms with van der Waals surface area (Å²) < 4.78 is 29.7. The van der Waals surface area contributed by atoms with Crippen molar-refractivity contribution >= 4 is 39.0 Å². The fourth-order valence-corrected chi connectivity index (χ4v) is 1.93. The van der Waals surface area contributed by atoms with Crippen molar-refractivity contribution < 1.29 is 13.0 Å². The normalized spacial score (nSPS) is 11.6. The Kier molecular flexibility index (Phi) is 3.26. The molecular weight excluding hydrogens is 249 g/mol. The number of hydrogen-bond acceptors (Lipinski definition) is 3. The van der Waals surface area contributed by atoms with Gasteiger partial charge < -0.3 is 5.73 Å². The van der Waals surface area contributed by atoms with Gasteiger partial charge in [-0.1, -0.05) is 23.2 Å². The Morgan fingerprint density at radius 1 is 1.29 bits per heavy atom. The van der Waals surface area contributed by atoms with Crippen molar-refractivity contribution in [2.45, 2.75) is 5.75 Å². The lowest BCUT2D eigenvalue weighted by atomic mass is 10.2. The lowest BCUT2D eigenvalue weighted by molar-refractivity contribution is 0.482. The second-order valence-electron chi connectivity index (χ2n) is 2.69. The Hall–Kier alpha value is -0.490. The minimum atomic E-state index is -4.11. The molecule has 14 heavy (non-hydrogen) atoms. The molecule has 0 heterocycles. The Bertz CT molecular complexity index is 458. The molecule has 0 aliphatic rings. The maximum Gasteiger partial charge on any atom is 0.269 e. The van der Waals surface area contributed by atoms with Gasteiger partial charge in [0.05, 0.1) is 10.0 Å². The van der Waals surface area contributed by atoms with Crippen LogP contribution in [0.15, 0.2) is 12.1 Å². The summed E-state index contributed by atoms with van der Waals surface area (Å²) in [5.74, 6) is -0.574. The molecule has 0 unspecified atom stereocenters. The maximum absolute atomic E-state index is 10.6. The molecule has 7 heteroatoms. The van der Waals surface area contributed by atoms with Gasteiger partial charge in [0.25, 0.3) is 10.1 Å². The molecule has 0 bridgehead atoms. The monoisotopic (exact) mass is 255 g/mol. The third-order valence-electron chi connectivity index (χ3n) is 1.52. The molecule has 0 radical (unpaired) electrons. The number of rotatable bonds is 2. The highest BCUT2D eigenvalue weighted by Gasteiger charge is 2.11. The first-order valence-electron chi connectivity index (χ1n) is 3.48. The van der Waals surface area contributed by atoms with Gasteiger partial charge in [-0.2, -0.15) is 8.42 Å². The van der Waals surface area contributed by atoms with Crippen LogP contribution in [0, 0.1) is 0 Å². The first-order chi connectivity index (χ1) is 6.29. The molecule has 0 atom stereocenters. The summed E-state index contributed by atoms with van der Waals surface area (Å²) in [5, 5.41) is 0.433. The van der Waals surface area contributed by atoms with E-state index in [9.17, 15) is 8.42 Å². The zero-order valence-corrected chi connectivity index (χ0v) is 9.20. The summed E-state index contributed by atoms with van der Waals surface area (Å²) in [6.45, 7) is 0. The molecule has 4 nitrogen and oxygen atoms in total. The van der Waals surface area contributed by atoms with Crippen molar-refractivity contribution in [3.8, 4) is 0 Å². The lowest BCUT2D eigenvalue weighted by Crippen LogP contribution is -2.04. The van der Waals surface area contributed by atoms with Crippen LogP contribution in [0.1, 0.15) is 5.56 Å². The van der Waals surface area contributed by atoms with Gasteiger partial charge in [-0.25, -0.2) is 0 Å². The van der Waals surface area contributed by atoms with Crippen LogP contribution >= 0.6 is 23.2 Å². The Morgan fingerprint density at radius 2 is 1.79 bits per heavy atom. The smallest absolute Gasteiger partial charge is 0.269 e. The van der Waals surface area contributed by atoms with Crippen LogP contribution in [0.3, 0.4) is 0 Å². The van der Waals surface area contributed by atoms with Crippen LogP contribution in [0.5, 0.6) is 0 Å². The van der Waals surface area contributed by atoms with Crippen LogP contribution in [-0.4, -0.2) is 13.0 Å². The maximum atomic E-state index is 10.6. The number of benzene rings is 1.